The summed E-state index contributed by atoms with van der Waals surface area (Å²) < 4.78 is 5.41. The molecule has 2 aliphatic heterocycles. The Balaban J connectivity index is 1.51. The van der Waals surface area contributed by atoms with E-state index in [-0.39, 0.29) is 0 Å². The molecule has 0 saturated carbocycles. The third-order valence-corrected chi connectivity index (χ3v) is 6.52. The molecular weight excluding hydrogens is 412 g/mol. The summed E-state index contributed by atoms with van der Waals surface area (Å²) in [7, 11) is 1.58. The highest BCUT2D eigenvalue weighted by Gasteiger charge is 2.33. The van der Waals surface area contributed by atoms with Crippen molar-refractivity contribution < 1.29 is 4.74 Å². The second-order valence-electron chi connectivity index (χ2n) is 8.15. The minimum Gasteiger partial charge on any atom is -0.467 e. The molecule has 2 aromatic carbocycles. The van der Waals surface area contributed by atoms with E-state index in [0.29, 0.717) is 34.6 Å². The topological polar surface area (TPSA) is 76.1 Å². The summed E-state index contributed by atoms with van der Waals surface area (Å²) in [5.41, 5.74) is 1.45. The van der Waals surface area contributed by atoms with Gasteiger partial charge in [-0.3, -0.25) is 0 Å². The highest BCUT2D eigenvalue weighted by molar-refractivity contribution is 6.36. The SMILES string of the molecule is COc1nc(N2CC3CCC(C2)N3)c2cnc(-c3cccc4cccc(Cl)c34)nc2n1. The van der Waals surface area contributed by atoms with Gasteiger partial charge in [0.2, 0.25) is 0 Å². The number of rotatable bonds is 3. The van der Waals surface area contributed by atoms with Gasteiger partial charge in [-0.15, -0.1) is 0 Å². The van der Waals surface area contributed by atoms with Crippen LogP contribution in [0.15, 0.2) is 42.6 Å². The maximum Gasteiger partial charge on any atom is 0.320 e. The van der Waals surface area contributed by atoms with E-state index in [2.05, 4.69) is 20.2 Å². The first-order valence-electron chi connectivity index (χ1n) is 10.5. The lowest BCUT2D eigenvalue weighted by molar-refractivity contribution is 0.380. The molecule has 2 saturated heterocycles. The number of ether oxygens (including phenoxy) is 1. The Morgan fingerprint density at radius 2 is 1.81 bits per heavy atom. The maximum absolute atomic E-state index is 6.52. The molecule has 0 radical (unpaired) electrons. The zero-order valence-corrected chi connectivity index (χ0v) is 17.8. The number of methoxy groups -OCH3 is 1. The monoisotopic (exact) mass is 432 g/mol. The van der Waals surface area contributed by atoms with E-state index >= 15 is 0 Å². The number of nitrogens with zero attached hydrogens (tertiary/aromatic N) is 5. The first-order chi connectivity index (χ1) is 15.2. The Morgan fingerprint density at radius 1 is 1.03 bits per heavy atom. The van der Waals surface area contributed by atoms with E-state index in [1.807, 2.05) is 42.6 Å². The van der Waals surface area contributed by atoms with E-state index in [4.69, 9.17) is 26.3 Å². The Bertz CT molecular complexity index is 1290. The van der Waals surface area contributed by atoms with Crippen molar-refractivity contribution >= 4 is 39.2 Å². The number of hydrogen-bond donors (Lipinski definition) is 1. The van der Waals surface area contributed by atoms with E-state index < -0.39 is 0 Å². The predicted molar refractivity (Wildman–Crippen MR) is 122 cm³/mol. The van der Waals surface area contributed by atoms with Crippen molar-refractivity contribution in [1.29, 1.82) is 0 Å². The normalized spacial score (nSPS) is 20.5. The van der Waals surface area contributed by atoms with E-state index in [1.165, 1.54) is 12.8 Å². The van der Waals surface area contributed by atoms with Gasteiger partial charge >= 0.3 is 6.01 Å². The third kappa shape index (κ3) is 3.16. The molecule has 6 rings (SSSR count). The number of hydrogen-bond acceptors (Lipinski definition) is 7. The average Bonchev–Trinajstić information content (AvgIpc) is 3.15. The van der Waals surface area contributed by atoms with Gasteiger partial charge in [-0.1, -0.05) is 41.9 Å². The van der Waals surface area contributed by atoms with Crippen LogP contribution in [0.5, 0.6) is 6.01 Å². The molecule has 2 bridgehead atoms. The van der Waals surface area contributed by atoms with Crippen molar-refractivity contribution in [3.63, 3.8) is 0 Å². The number of aromatic nitrogens is 4. The molecule has 7 nitrogen and oxygen atoms in total. The van der Waals surface area contributed by atoms with Crippen LogP contribution in [0.4, 0.5) is 5.82 Å². The Labute approximate surface area is 184 Å². The molecule has 2 aromatic heterocycles. The Morgan fingerprint density at radius 3 is 2.58 bits per heavy atom. The fraction of sp³-hybridized carbons (Fsp3) is 0.304. The maximum atomic E-state index is 6.52. The molecule has 31 heavy (non-hydrogen) atoms. The van der Waals surface area contributed by atoms with Crippen LogP contribution in [-0.2, 0) is 0 Å². The highest BCUT2D eigenvalue weighted by atomic mass is 35.5. The second kappa shape index (κ2) is 7.28. The summed E-state index contributed by atoms with van der Waals surface area (Å²) in [5, 5.41) is 7.15. The van der Waals surface area contributed by atoms with Gasteiger partial charge in [0, 0.05) is 47.3 Å². The largest absolute Gasteiger partial charge is 0.467 e. The summed E-state index contributed by atoms with van der Waals surface area (Å²) in [4.78, 5) is 21.0. The number of fused-ring (bicyclic) bond motifs is 4. The van der Waals surface area contributed by atoms with Crippen molar-refractivity contribution in [2.24, 2.45) is 0 Å². The Kier molecular flexibility index (Phi) is 4.40. The molecule has 4 aromatic rings. The number of piperazine rings is 1. The zero-order chi connectivity index (χ0) is 20.9. The van der Waals surface area contributed by atoms with Crippen LogP contribution in [0.2, 0.25) is 5.02 Å². The van der Waals surface area contributed by atoms with Gasteiger partial charge in [0.25, 0.3) is 0 Å². The molecular formula is C23H21ClN6O. The highest BCUT2D eigenvalue weighted by Crippen LogP contribution is 2.34. The molecule has 2 unspecified atom stereocenters. The lowest BCUT2D eigenvalue weighted by atomic mass is 10.0. The summed E-state index contributed by atoms with van der Waals surface area (Å²) >= 11 is 6.52. The first-order valence-corrected chi connectivity index (χ1v) is 10.8. The average molecular weight is 433 g/mol. The van der Waals surface area contributed by atoms with Gasteiger partial charge < -0.3 is 15.0 Å². The fourth-order valence-corrected chi connectivity index (χ4v) is 5.08. The fourth-order valence-electron chi connectivity index (χ4n) is 4.80. The second-order valence-corrected chi connectivity index (χ2v) is 8.56. The van der Waals surface area contributed by atoms with Crippen molar-refractivity contribution in [3.05, 3.63) is 47.6 Å². The quantitative estimate of drug-likeness (QED) is 0.527. The van der Waals surface area contributed by atoms with Crippen LogP contribution in [-0.4, -0.2) is 52.2 Å². The number of halogens is 1. The molecule has 1 N–H and O–H groups in total. The molecule has 2 aliphatic rings. The summed E-state index contributed by atoms with van der Waals surface area (Å²) in [5.74, 6) is 1.42. The number of anilines is 1. The first kappa shape index (κ1) is 18.7. The molecule has 8 heteroatoms. The van der Waals surface area contributed by atoms with Gasteiger partial charge in [-0.05, 0) is 24.3 Å². The van der Waals surface area contributed by atoms with Crippen molar-refractivity contribution in [1.82, 2.24) is 25.3 Å². The van der Waals surface area contributed by atoms with Crippen LogP contribution in [0.25, 0.3) is 33.2 Å². The molecule has 156 valence electrons. The Hall–Kier alpha value is -3.03. The lowest BCUT2D eigenvalue weighted by Gasteiger charge is -2.34. The number of benzene rings is 2. The van der Waals surface area contributed by atoms with Crippen LogP contribution in [0.1, 0.15) is 12.8 Å². The van der Waals surface area contributed by atoms with Crippen molar-refractivity contribution in [2.45, 2.75) is 24.9 Å². The van der Waals surface area contributed by atoms with Crippen LogP contribution < -0.4 is 15.0 Å². The molecule has 4 heterocycles. The number of nitrogens with one attached hydrogen (secondary N) is 1. The van der Waals surface area contributed by atoms with Crippen LogP contribution in [0, 0.1) is 0 Å². The minimum atomic E-state index is 0.314. The smallest absolute Gasteiger partial charge is 0.320 e. The summed E-state index contributed by atoms with van der Waals surface area (Å²) in [6.45, 7) is 1.82. The third-order valence-electron chi connectivity index (χ3n) is 6.21. The molecule has 0 amide bonds. The van der Waals surface area contributed by atoms with Gasteiger partial charge in [0.15, 0.2) is 11.5 Å². The van der Waals surface area contributed by atoms with Crippen molar-refractivity contribution in [2.75, 3.05) is 25.1 Å². The molecule has 2 fully saturated rings. The van der Waals surface area contributed by atoms with E-state index in [1.54, 1.807) is 7.11 Å². The zero-order valence-electron chi connectivity index (χ0n) is 17.0. The van der Waals surface area contributed by atoms with Gasteiger partial charge in [0.05, 0.1) is 12.5 Å². The van der Waals surface area contributed by atoms with Gasteiger partial charge in [-0.2, -0.15) is 9.97 Å². The van der Waals surface area contributed by atoms with Crippen LogP contribution in [0.3, 0.4) is 0 Å². The van der Waals surface area contributed by atoms with E-state index in [0.717, 1.165) is 40.6 Å². The summed E-state index contributed by atoms with van der Waals surface area (Å²) in [6, 6.07) is 13.2. The van der Waals surface area contributed by atoms with E-state index in [9.17, 15) is 0 Å². The predicted octanol–water partition coefficient (Wildman–Crippen LogP) is 3.84. The van der Waals surface area contributed by atoms with Crippen LogP contribution >= 0.6 is 11.6 Å². The van der Waals surface area contributed by atoms with Gasteiger partial charge in [0.1, 0.15) is 5.82 Å². The van der Waals surface area contributed by atoms with Gasteiger partial charge in [-0.25, -0.2) is 9.97 Å². The molecule has 0 aliphatic carbocycles. The molecule has 2 atom stereocenters. The molecule has 0 spiro atoms. The van der Waals surface area contributed by atoms with Crippen molar-refractivity contribution in [3.8, 4) is 17.4 Å². The standard InChI is InChI=1S/C23H21ClN6O/c1-31-23-28-21-17(22(29-23)30-11-14-8-9-15(12-30)26-14)10-25-20(27-21)16-6-2-4-13-5-3-7-18(24)19(13)16/h2-7,10,14-15,26H,8-9,11-12H2,1H3. The minimum absolute atomic E-state index is 0.314. The lowest BCUT2D eigenvalue weighted by Crippen LogP contribution is -2.51. The summed E-state index contributed by atoms with van der Waals surface area (Å²) in [6.07, 6.45) is 4.22.